The molecule has 0 atom stereocenters. The van der Waals surface area contributed by atoms with Gasteiger partial charge in [0.2, 0.25) is 5.91 Å². The zero-order valence-corrected chi connectivity index (χ0v) is 14.0. The number of nitrogens with two attached hydrogens (primary N) is 1. The number of fused-ring (bicyclic) bond motifs is 1. The summed E-state index contributed by atoms with van der Waals surface area (Å²) in [7, 11) is 0. The standard InChI is InChI=1S/C16H16N8O3/c17-11(25)4-5-18-16(27)24-10-3-1-2-9(6-10)23-15(26)13-12-14(21-7-19-12)22-8-20-13/h1-3,6-8H,4-5H2,(H2,17,25)(H,23,26)(H2,18,24,27)(H,19,20,21,22). The summed E-state index contributed by atoms with van der Waals surface area (Å²) in [6.45, 7) is 0.130. The molecule has 138 valence electrons. The minimum absolute atomic E-state index is 0.0462. The van der Waals surface area contributed by atoms with Gasteiger partial charge in [0.1, 0.15) is 11.8 Å². The minimum Gasteiger partial charge on any atom is -0.370 e. The molecular formula is C16H16N8O3. The second kappa shape index (κ2) is 7.91. The maximum absolute atomic E-state index is 12.5. The summed E-state index contributed by atoms with van der Waals surface area (Å²) in [5, 5.41) is 7.80. The Morgan fingerprint density at radius 2 is 1.85 bits per heavy atom. The molecule has 6 N–H and O–H groups in total. The molecule has 0 saturated carbocycles. The van der Waals surface area contributed by atoms with E-state index < -0.39 is 17.8 Å². The molecule has 0 aliphatic rings. The monoisotopic (exact) mass is 368 g/mol. The molecule has 27 heavy (non-hydrogen) atoms. The molecule has 3 rings (SSSR count). The molecule has 0 saturated heterocycles. The Bertz CT molecular complexity index is 1000. The number of imidazole rings is 1. The van der Waals surface area contributed by atoms with Crippen molar-refractivity contribution in [3.63, 3.8) is 0 Å². The Morgan fingerprint density at radius 1 is 1.07 bits per heavy atom. The van der Waals surface area contributed by atoms with Crippen LogP contribution < -0.4 is 21.7 Å². The minimum atomic E-state index is -0.504. The van der Waals surface area contributed by atoms with Crippen molar-refractivity contribution in [3.05, 3.63) is 42.6 Å². The number of aromatic nitrogens is 4. The average Bonchev–Trinajstić information content (AvgIpc) is 3.10. The lowest BCUT2D eigenvalue weighted by molar-refractivity contribution is -0.117. The van der Waals surface area contributed by atoms with Gasteiger partial charge in [-0.15, -0.1) is 0 Å². The van der Waals surface area contributed by atoms with Gasteiger partial charge < -0.3 is 26.7 Å². The molecular weight excluding hydrogens is 352 g/mol. The van der Waals surface area contributed by atoms with Gasteiger partial charge in [0, 0.05) is 24.3 Å². The number of carbonyl (C=O) groups excluding carboxylic acids is 3. The Hall–Kier alpha value is -4.02. The molecule has 2 heterocycles. The van der Waals surface area contributed by atoms with Gasteiger partial charge in [0.25, 0.3) is 5.91 Å². The summed E-state index contributed by atoms with van der Waals surface area (Å²) < 4.78 is 0. The molecule has 3 aromatic rings. The maximum Gasteiger partial charge on any atom is 0.319 e. The number of H-pyrrole nitrogens is 1. The van der Waals surface area contributed by atoms with E-state index in [-0.39, 0.29) is 18.7 Å². The summed E-state index contributed by atoms with van der Waals surface area (Å²) in [5.41, 5.74) is 6.89. The Morgan fingerprint density at radius 3 is 2.63 bits per heavy atom. The molecule has 0 spiro atoms. The van der Waals surface area contributed by atoms with Gasteiger partial charge in [-0.1, -0.05) is 6.07 Å². The number of urea groups is 1. The third-order valence-corrected chi connectivity index (χ3v) is 3.47. The first-order valence-corrected chi connectivity index (χ1v) is 7.91. The lowest BCUT2D eigenvalue weighted by atomic mass is 10.2. The normalized spacial score (nSPS) is 10.4. The average molecular weight is 368 g/mol. The SMILES string of the molecule is NC(=O)CCNC(=O)Nc1cccc(NC(=O)c2ncnc3nc[nH]c23)c1. The van der Waals surface area contributed by atoms with Crippen LogP contribution in [0, 0.1) is 0 Å². The van der Waals surface area contributed by atoms with Gasteiger partial charge >= 0.3 is 6.03 Å². The fourth-order valence-electron chi connectivity index (χ4n) is 2.28. The summed E-state index contributed by atoms with van der Waals surface area (Å²) in [6.07, 6.45) is 2.73. The molecule has 0 aliphatic carbocycles. The summed E-state index contributed by atoms with van der Waals surface area (Å²) in [4.78, 5) is 49.7. The number of nitrogens with zero attached hydrogens (tertiary/aromatic N) is 3. The Labute approximate surface area is 152 Å². The molecule has 11 heteroatoms. The van der Waals surface area contributed by atoms with E-state index >= 15 is 0 Å². The van der Waals surface area contributed by atoms with Gasteiger partial charge in [-0.25, -0.2) is 19.7 Å². The molecule has 4 amide bonds. The smallest absolute Gasteiger partial charge is 0.319 e. The number of nitrogens with one attached hydrogen (secondary N) is 4. The number of hydrogen-bond acceptors (Lipinski definition) is 6. The molecule has 0 bridgehead atoms. The van der Waals surface area contributed by atoms with E-state index in [1.807, 2.05) is 0 Å². The van der Waals surface area contributed by atoms with E-state index in [0.717, 1.165) is 0 Å². The van der Waals surface area contributed by atoms with Crippen LogP contribution in [0.3, 0.4) is 0 Å². The summed E-state index contributed by atoms with van der Waals surface area (Å²) >= 11 is 0. The van der Waals surface area contributed by atoms with Crippen LogP contribution in [0.5, 0.6) is 0 Å². The number of aromatic amines is 1. The molecule has 0 aliphatic heterocycles. The number of amides is 4. The van der Waals surface area contributed by atoms with E-state index in [1.165, 1.54) is 12.7 Å². The van der Waals surface area contributed by atoms with Crippen LogP contribution in [0.15, 0.2) is 36.9 Å². The quantitative estimate of drug-likeness (QED) is 0.427. The van der Waals surface area contributed by atoms with Crippen LogP contribution in [0.4, 0.5) is 16.2 Å². The van der Waals surface area contributed by atoms with Crippen molar-refractivity contribution in [2.45, 2.75) is 6.42 Å². The van der Waals surface area contributed by atoms with Gasteiger partial charge in [-0.3, -0.25) is 9.59 Å². The first-order valence-electron chi connectivity index (χ1n) is 7.91. The summed E-state index contributed by atoms with van der Waals surface area (Å²) in [6, 6.07) is 6.08. The second-order valence-electron chi connectivity index (χ2n) is 5.46. The van der Waals surface area contributed by atoms with Gasteiger partial charge in [-0.2, -0.15) is 0 Å². The first-order chi connectivity index (χ1) is 13.0. The molecule has 1 aromatic carbocycles. The van der Waals surface area contributed by atoms with Gasteiger partial charge in [0.15, 0.2) is 11.3 Å². The Balaban J connectivity index is 1.65. The number of primary amides is 1. The number of hydrogen-bond donors (Lipinski definition) is 5. The first kappa shape index (κ1) is 17.8. The highest BCUT2D eigenvalue weighted by atomic mass is 16.2. The fraction of sp³-hybridized carbons (Fsp3) is 0.125. The highest BCUT2D eigenvalue weighted by Crippen LogP contribution is 2.17. The van der Waals surface area contributed by atoms with Gasteiger partial charge in [-0.05, 0) is 18.2 Å². The molecule has 0 radical (unpaired) electrons. The van der Waals surface area contributed by atoms with Crippen LogP contribution in [0.2, 0.25) is 0 Å². The molecule has 0 fully saturated rings. The van der Waals surface area contributed by atoms with Crippen LogP contribution in [0.1, 0.15) is 16.9 Å². The van der Waals surface area contributed by atoms with Crippen LogP contribution in [0.25, 0.3) is 11.2 Å². The second-order valence-corrected chi connectivity index (χ2v) is 5.46. The summed E-state index contributed by atoms with van der Waals surface area (Å²) in [5.74, 6) is -0.953. The van der Waals surface area contributed by atoms with E-state index in [1.54, 1.807) is 24.3 Å². The molecule has 2 aromatic heterocycles. The van der Waals surface area contributed by atoms with Crippen molar-refractivity contribution < 1.29 is 14.4 Å². The van der Waals surface area contributed by atoms with E-state index in [2.05, 4.69) is 35.9 Å². The highest BCUT2D eigenvalue weighted by Gasteiger charge is 2.14. The molecule has 11 nitrogen and oxygen atoms in total. The van der Waals surface area contributed by atoms with Crippen molar-refractivity contribution in [2.75, 3.05) is 17.2 Å². The predicted octanol–water partition coefficient (Wildman–Crippen LogP) is 0.602. The fourth-order valence-corrected chi connectivity index (χ4v) is 2.28. The number of rotatable bonds is 6. The Kier molecular flexibility index (Phi) is 5.21. The van der Waals surface area contributed by atoms with Crippen molar-refractivity contribution in [1.29, 1.82) is 0 Å². The van der Waals surface area contributed by atoms with Crippen molar-refractivity contribution >= 4 is 40.4 Å². The highest BCUT2D eigenvalue weighted by molar-refractivity contribution is 6.09. The largest absolute Gasteiger partial charge is 0.370 e. The van der Waals surface area contributed by atoms with Crippen molar-refractivity contribution in [3.8, 4) is 0 Å². The van der Waals surface area contributed by atoms with E-state index in [0.29, 0.717) is 22.5 Å². The van der Waals surface area contributed by atoms with Gasteiger partial charge in [0.05, 0.1) is 6.33 Å². The predicted molar refractivity (Wildman–Crippen MR) is 96.9 cm³/mol. The third kappa shape index (κ3) is 4.54. The zero-order valence-electron chi connectivity index (χ0n) is 14.0. The van der Waals surface area contributed by atoms with Crippen LogP contribution in [-0.4, -0.2) is 44.3 Å². The lowest BCUT2D eigenvalue weighted by Gasteiger charge is -2.09. The van der Waals surface area contributed by atoms with Crippen LogP contribution in [-0.2, 0) is 4.79 Å². The topological polar surface area (TPSA) is 168 Å². The van der Waals surface area contributed by atoms with Crippen molar-refractivity contribution in [1.82, 2.24) is 25.3 Å². The maximum atomic E-state index is 12.5. The number of carbonyl (C=O) groups is 3. The third-order valence-electron chi connectivity index (χ3n) is 3.47. The lowest BCUT2D eigenvalue weighted by Crippen LogP contribution is -2.31. The van der Waals surface area contributed by atoms with Crippen LogP contribution >= 0.6 is 0 Å². The number of anilines is 2. The zero-order chi connectivity index (χ0) is 19.2. The van der Waals surface area contributed by atoms with E-state index in [9.17, 15) is 14.4 Å². The van der Waals surface area contributed by atoms with Crippen molar-refractivity contribution in [2.24, 2.45) is 5.73 Å². The van der Waals surface area contributed by atoms with E-state index in [4.69, 9.17) is 5.73 Å². The number of benzene rings is 1. The molecule has 0 unspecified atom stereocenters.